The normalized spacial score (nSPS) is 11.5. The van der Waals surface area contributed by atoms with Gasteiger partial charge in [0.2, 0.25) is 0 Å². The second kappa shape index (κ2) is 10.5. The maximum atomic E-state index is 12.7. The topological polar surface area (TPSA) is 52.6 Å². The molecule has 1 aromatic carbocycles. The third-order valence-electron chi connectivity index (χ3n) is 3.47. The molecule has 1 rings (SSSR count). The number of halogens is 2. The molecular weight excluding hydrogens is 396 g/mol. The van der Waals surface area contributed by atoms with E-state index in [-0.39, 0.29) is 26.1 Å². The Morgan fingerprint density at radius 1 is 1.08 bits per heavy atom. The fourth-order valence-electron chi connectivity index (χ4n) is 2.30. The Labute approximate surface area is 156 Å². The SMILES string of the molecule is CCOC(=O)C(C/C=C\CBr)(Cc1ccc(Cl)cc1)C(=O)OCC. The molecule has 24 heavy (non-hydrogen) atoms. The van der Waals surface area contributed by atoms with Crippen LogP contribution in [0.4, 0.5) is 0 Å². The van der Waals surface area contributed by atoms with Crippen molar-refractivity contribution in [3.8, 4) is 0 Å². The molecule has 0 heterocycles. The van der Waals surface area contributed by atoms with Crippen molar-refractivity contribution >= 4 is 39.5 Å². The number of allylic oxidation sites excluding steroid dienone is 2. The van der Waals surface area contributed by atoms with Crippen molar-refractivity contribution in [2.75, 3.05) is 18.5 Å². The summed E-state index contributed by atoms with van der Waals surface area (Å²) in [6.07, 6.45) is 4.03. The van der Waals surface area contributed by atoms with Gasteiger partial charge in [0.15, 0.2) is 5.41 Å². The lowest BCUT2D eigenvalue weighted by Gasteiger charge is -2.28. The van der Waals surface area contributed by atoms with Crippen molar-refractivity contribution in [1.29, 1.82) is 0 Å². The first-order valence-electron chi connectivity index (χ1n) is 7.80. The van der Waals surface area contributed by atoms with Crippen LogP contribution in [0.5, 0.6) is 0 Å². The van der Waals surface area contributed by atoms with Gasteiger partial charge in [0.05, 0.1) is 13.2 Å². The predicted octanol–water partition coefficient (Wildman–Crippen LogP) is 4.34. The molecule has 0 saturated carbocycles. The number of ether oxygens (including phenoxy) is 2. The molecule has 0 N–H and O–H groups in total. The van der Waals surface area contributed by atoms with Crippen LogP contribution in [-0.2, 0) is 25.5 Å². The molecule has 0 aliphatic heterocycles. The zero-order valence-electron chi connectivity index (χ0n) is 13.9. The number of esters is 2. The Kier molecular flexibility index (Phi) is 9.08. The molecule has 0 unspecified atom stereocenters. The fourth-order valence-corrected chi connectivity index (χ4v) is 2.69. The van der Waals surface area contributed by atoms with E-state index < -0.39 is 17.4 Å². The molecule has 1 aromatic rings. The predicted molar refractivity (Wildman–Crippen MR) is 98.4 cm³/mol. The molecule has 0 aliphatic rings. The minimum Gasteiger partial charge on any atom is -0.465 e. The Morgan fingerprint density at radius 3 is 2.08 bits per heavy atom. The van der Waals surface area contributed by atoms with Gasteiger partial charge in [-0.15, -0.1) is 0 Å². The highest BCUT2D eigenvalue weighted by molar-refractivity contribution is 9.09. The van der Waals surface area contributed by atoms with E-state index in [1.54, 1.807) is 44.2 Å². The van der Waals surface area contributed by atoms with Crippen LogP contribution in [0.25, 0.3) is 0 Å². The second-order valence-corrected chi connectivity index (χ2v) is 6.24. The van der Waals surface area contributed by atoms with E-state index in [1.165, 1.54) is 0 Å². The summed E-state index contributed by atoms with van der Waals surface area (Å²) in [6.45, 7) is 3.82. The molecule has 0 radical (unpaired) electrons. The summed E-state index contributed by atoms with van der Waals surface area (Å²) >= 11 is 9.20. The van der Waals surface area contributed by atoms with Crippen LogP contribution >= 0.6 is 27.5 Å². The monoisotopic (exact) mass is 416 g/mol. The van der Waals surface area contributed by atoms with Gasteiger partial charge in [0.25, 0.3) is 0 Å². The van der Waals surface area contributed by atoms with Crippen LogP contribution in [0.15, 0.2) is 36.4 Å². The zero-order valence-corrected chi connectivity index (χ0v) is 16.2. The molecule has 0 saturated heterocycles. The Balaban J connectivity index is 3.25. The van der Waals surface area contributed by atoms with E-state index in [2.05, 4.69) is 15.9 Å². The molecule has 0 fully saturated rings. The van der Waals surface area contributed by atoms with Gasteiger partial charge in [-0.05, 0) is 44.4 Å². The first-order chi connectivity index (χ1) is 11.5. The van der Waals surface area contributed by atoms with Crippen molar-refractivity contribution in [3.05, 3.63) is 47.0 Å². The zero-order chi connectivity index (χ0) is 18.0. The van der Waals surface area contributed by atoms with Crippen molar-refractivity contribution in [2.24, 2.45) is 5.41 Å². The second-order valence-electron chi connectivity index (χ2n) is 5.16. The quantitative estimate of drug-likeness (QED) is 0.260. The number of carbonyl (C=O) groups is 2. The molecular formula is C18H22BrClO4. The molecule has 0 aliphatic carbocycles. The minimum atomic E-state index is -1.40. The Bertz CT molecular complexity index is 551. The number of rotatable bonds is 9. The molecule has 0 atom stereocenters. The minimum absolute atomic E-state index is 0.189. The lowest BCUT2D eigenvalue weighted by Crippen LogP contribution is -2.43. The summed E-state index contributed by atoms with van der Waals surface area (Å²) in [5.41, 5.74) is -0.592. The third kappa shape index (κ3) is 5.64. The van der Waals surface area contributed by atoms with Crippen LogP contribution in [0.1, 0.15) is 25.8 Å². The number of hydrogen-bond donors (Lipinski definition) is 0. The van der Waals surface area contributed by atoms with Gasteiger partial charge < -0.3 is 9.47 Å². The smallest absolute Gasteiger partial charge is 0.324 e. The molecule has 0 aromatic heterocycles. The molecule has 0 bridgehead atoms. The fraction of sp³-hybridized carbons (Fsp3) is 0.444. The molecule has 4 nitrogen and oxygen atoms in total. The first kappa shape index (κ1) is 20.7. The lowest BCUT2D eigenvalue weighted by atomic mass is 9.78. The summed E-state index contributed by atoms with van der Waals surface area (Å²) in [5.74, 6) is -1.14. The number of benzene rings is 1. The van der Waals surface area contributed by atoms with E-state index in [4.69, 9.17) is 21.1 Å². The Morgan fingerprint density at radius 2 is 1.62 bits per heavy atom. The highest BCUT2D eigenvalue weighted by Gasteiger charge is 2.48. The van der Waals surface area contributed by atoms with Gasteiger partial charge in [-0.25, -0.2) is 0 Å². The van der Waals surface area contributed by atoms with Crippen LogP contribution in [-0.4, -0.2) is 30.5 Å². The molecule has 0 spiro atoms. The van der Waals surface area contributed by atoms with Crippen molar-refractivity contribution in [3.63, 3.8) is 0 Å². The maximum absolute atomic E-state index is 12.7. The average Bonchev–Trinajstić information content (AvgIpc) is 2.56. The van der Waals surface area contributed by atoms with Crippen LogP contribution in [0.3, 0.4) is 0 Å². The van der Waals surface area contributed by atoms with Gasteiger partial charge in [0.1, 0.15) is 0 Å². The van der Waals surface area contributed by atoms with E-state index in [1.807, 2.05) is 6.08 Å². The van der Waals surface area contributed by atoms with Gasteiger partial charge >= 0.3 is 11.9 Å². The Hall–Kier alpha value is -1.33. The van der Waals surface area contributed by atoms with Gasteiger partial charge in [-0.2, -0.15) is 0 Å². The van der Waals surface area contributed by atoms with Crippen molar-refractivity contribution < 1.29 is 19.1 Å². The maximum Gasteiger partial charge on any atom is 0.324 e. The molecule has 0 amide bonds. The number of alkyl halides is 1. The van der Waals surface area contributed by atoms with Gasteiger partial charge in [0, 0.05) is 10.4 Å². The standard InChI is InChI=1S/C18H22BrClO4/c1-3-23-16(21)18(11-5-6-12-19,17(22)24-4-2)13-14-7-9-15(20)10-8-14/h5-10H,3-4,11-13H2,1-2H3/b6-5-. The van der Waals surface area contributed by atoms with Crippen LogP contribution in [0.2, 0.25) is 5.02 Å². The highest BCUT2D eigenvalue weighted by atomic mass is 79.9. The summed E-state index contributed by atoms with van der Waals surface area (Å²) < 4.78 is 10.4. The summed E-state index contributed by atoms with van der Waals surface area (Å²) in [4.78, 5) is 25.3. The van der Waals surface area contributed by atoms with E-state index in [0.29, 0.717) is 10.4 Å². The summed E-state index contributed by atoms with van der Waals surface area (Å²) in [7, 11) is 0. The van der Waals surface area contributed by atoms with E-state index in [0.717, 1.165) is 5.56 Å². The largest absolute Gasteiger partial charge is 0.465 e. The highest BCUT2D eigenvalue weighted by Crippen LogP contribution is 2.32. The van der Waals surface area contributed by atoms with E-state index in [9.17, 15) is 9.59 Å². The average molecular weight is 418 g/mol. The number of carbonyl (C=O) groups excluding carboxylic acids is 2. The summed E-state index contributed by atoms with van der Waals surface area (Å²) in [5, 5.41) is 1.23. The van der Waals surface area contributed by atoms with Crippen LogP contribution < -0.4 is 0 Å². The first-order valence-corrected chi connectivity index (χ1v) is 9.30. The summed E-state index contributed by atoms with van der Waals surface area (Å²) in [6, 6.07) is 7.05. The van der Waals surface area contributed by atoms with Crippen molar-refractivity contribution in [2.45, 2.75) is 26.7 Å². The van der Waals surface area contributed by atoms with Crippen LogP contribution in [0, 0.1) is 5.41 Å². The lowest BCUT2D eigenvalue weighted by molar-refractivity contribution is -0.171. The molecule has 132 valence electrons. The van der Waals surface area contributed by atoms with Gasteiger partial charge in [-0.1, -0.05) is 51.8 Å². The van der Waals surface area contributed by atoms with E-state index >= 15 is 0 Å². The molecule has 6 heteroatoms. The van der Waals surface area contributed by atoms with Crippen molar-refractivity contribution in [1.82, 2.24) is 0 Å². The third-order valence-corrected chi connectivity index (χ3v) is 4.10. The number of hydrogen-bond acceptors (Lipinski definition) is 4. The van der Waals surface area contributed by atoms with Gasteiger partial charge in [-0.3, -0.25) is 9.59 Å².